The minimum absolute atomic E-state index is 0.180. The molecule has 0 bridgehead atoms. The Balaban J connectivity index is 3.24. The van der Waals surface area contributed by atoms with Gasteiger partial charge in [-0.1, -0.05) is 219 Å². The van der Waals surface area contributed by atoms with Crippen molar-refractivity contribution >= 4 is 0 Å². The van der Waals surface area contributed by atoms with Crippen LogP contribution in [0.5, 0.6) is 0 Å². The molecule has 0 aromatic carbocycles. The molecule has 0 saturated heterocycles. The van der Waals surface area contributed by atoms with E-state index in [4.69, 9.17) is 14.5 Å². The summed E-state index contributed by atoms with van der Waals surface area (Å²) in [6.07, 6.45) is 48.1. The molecule has 0 saturated carbocycles. The number of ether oxygens (including phenoxy) is 1. The highest BCUT2D eigenvalue weighted by atomic mass is 17.2. The first-order valence-corrected chi connectivity index (χ1v) is 21.1. The SMILES string of the molecule is CCCCCCCCCCCCCCCCCCC(C)OCCOOC(C)CCCCCCCCCCCCCCCCCC. The van der Waals surface area contributed by atoms with E-state index in [0.29, 0.717) is 19.3 Å². The van der Waals surface area contributed by atoms with Crippen LogP contribution in [-0.2, 0) is 14.5 Å². The molecule has 0 aromatic heterocycles. The molecule has 3 nitrogen and oxygen atoms in total. The fourth-order valence-corrected chi connectivity index (χ4v) is 6.54. The first-order valence-electron chi connectivity index (χ1n) is 21.1. The van der Waals surface area contributed by atoms with Gasteiger partial charge < -0.3 is 4.74 Å². The molecule has 0 aliphatic heterocycles. The van der Waals surface area contributed by atoms with E-state index >= 15 is 0 Å². The molecular formula is C42H86O3. The van der Waals surface area contributed by atoms with Crippen LogP contribution in [0.4, 0.5) is 0 Å². The minimum atomic E-state index is 0.180. The molecule has 0 heterocycles. The lowest BCUT2D eigenvalue weighted by Crippen LogP contribution is -2.15. The van der Waals surface area contributed by atoms with Crippen LogP contribution in [0, 0.1) is 0 Å². The van der Waals surface area contributed by atoms with Gasteiger partial charge in [0.15, 0.2) is 0 Å². The molecule has 0 spiro atoms. The van der Waals surface area contributed by atoms with Crippen molar-refractivity contribution in [3.05, 3.63) is 0 Å². The zero-order chi connectivity index (χ0) is 32.7. The maximum atomic E-state index is 5.94. The van der Waals surface area contributed by atoms with Gasteiger partial charge in [-0.15, -0.1) is 0 Å². The van der Waals surface area contributed by atoms with E-state index in [9.17, 15) is 0 Å². The summed E-state index contributed by atoms with van der Waals surface area (Å²) in [6, 6.07) is 0. The fourth-order valence-electron chi connectivity index (χ4n) is 6.54. The van der Waals surface area contributed by atoms with Crippen molar-refractivity contribution in [3.8, 4) is 0 Å². The van der Waals surface area contributed by atoms with E-state index in [1.165, 1.54) is 205 Å². The van der Waals surface area contributed by atoms with Crippen molar-refractivity contribution in [2.24, 2.45) is 0 Å². The van der Waals surface area contributed by atoms with Crippen molar-refractivity contribution in [2.45, 2.75) is 258 Å². The van der Waals surface area contributed by atoms with Crippen LogP contribution in [0.1, 0.15) is 246 Å². The molecule has 0 radical (unpaired) electrons. The molecule has 0 aliphatic rings. The molecule has 0 amide bonds. The van der Waals surface area contributed by atoms with Gasteiger partial charge in [0.25, 0.3) is 0 Å². The topological polar surface area (TPSA) is 27.7 Å². The van der Waals surface area contributed by atoms with E-state index in [1.54, 1.807) is 0 Å². The molecule has 2 atom stereocenters. The van der Waals surface area contributed by atoms with Crippen molar-refractivity contribution in [3.63, 3.8) is 0 Å². The van der Waals surface area contributed by atoms with Crippen LogP contribution >= 0.6 is 0 Å². The van der Waals surface area contributed by atoms with Gasteiger partial charge in [0.05, 0.1) is 18.8 Å². The first kappa shape index (κ1) is 44.9. The summed E-state index contributed by atoms with van der Waals surface area (Å²) in [5.74, 6) is 0. The summed E-state index contributed by atoms with van der Waals surface area (Å²) in [5, 5.41) is 0. The lowest BCUT2D eigenvalue weighted by Gasteiger charge is -2.14. The molecular weight excluding hydrogens is 552 g/mol. The highest BCUT2D eigenvalue weighted by molar-refractivity contribution is 4.55. The van der Waals surface area contributed by atoms with Crippen LogP contribution in [-0.4, -0.2) is 25.4 Å². The number of hydrogen-bond acceptors (Lipinski definition) is 3. The van der Waals surface area contributed by atoms with Crippen molar-refractivity contribution in [1.82, 2.24) is 0 Å². The number of hydrogen-bond donors (Lipinski definition) is 0. The Kier molecular flexibility index (Phi) is 39.9. The van der Waals surface area contributed by atoms with Crippen molar-refractivity contribution in [2.75, 3.05) is 13.2 Å². The molecule has 0 N–H and O–H groups in total. The minimum Gasteiger partial charge on any atom is -0.376 e. The van der Waals surface area contributed by atoms with E-state index in [-0.39, 0.29) is 6.10 Å². The average molecular weight is 639 g/mol. The number of rotatable bonds is 40. The van der Waals surface area contributed by atoms with E-state index in [0.717, 1.165) is 12.8 Å². The normalized spacial score (nSPS) is 13.1. The van der Waals surface area contributed by atoms with Gasteiger partial charge in [-0.05, 0) is 26.7 Å². The third-order valence-electron chi connectivity index (χ3n) is 9.73. The maximum absolute atomic E-state index is 5.94. The lowest BCUT2D eigenvalue weighted by atomic mass is 10.0. The summed E-state index contributed by atoms with van der Waals surface area (Å²) < 4.78 is 5.94. The highest BCUT2D eigenvalue weighted by Crippen LogP contribution is 2.16. The van der Waals surface area contributed by atoms with Gasteiger partial charge in [0.2, 0.25) is 0 Å². The average Bonchev–Trinajstić information content (AvgIpc) is 3.04. The van der Waals surface area contributed by atoms with Gasteiger partial charge in [-0.25, -0.2) is 9.78 Å². The van der Waals surface area contributed by atoms with Gasteiger partial charge in [-0.3, -0.25) is 0 Å². The lowest BCUT2D eigenvalue weighted by molar-refractivity contribution is -0.326. The van der Waals surface area contributed by atoms with Gasteiger partial charge in [0.1, 0.15) is 6.61 Å². The van der Waals surface area contributed by atoms with Crippen LogP contribution in [0.15, 0.2) is 0 Å². The second-order valence-electron chi connectivity index (χ2n) is 14.6. The Morgan fingerprint density at radius 1 is 0.311 bits per heavy atom. The zero-order valence-electron chi connectivity index (χ0n) is 31.8. The Morgan fingerprint density at radius 3 is 0.889 bits per heavy atom. The second-order valence-corrected chi connectivity index (χ2v) is 14.6. The molecule has 45 heavy (non-hydrogen) atoms. The van der Waals surface area contributed by atoms with Crippen LogP contribution < -0.4 is 0 Å². The second kappa shape index (κ2) is 40.1. The third-order valence-corrected chi connectivity index (χ3v) is 9.73. The van der Waals surface area contributed by atoms with Crippen molar-refractivity contribution < 1.29 is 14.5 Å². The smallest absolute Gasteiger partial charge is 0.106 e. The fraction of sp³-hybridized carbons (Fsp3) is 1.00. The largest absolute Gasteiger partial charge is 0.376 e. The summed E-state index contributed by atoms with van der Waals surface area (Å²) >= 11 is 0. The quantitative estimate of drug-likeness (QED) is 0.0380. The summed E-state index contributed by atoms with van der Waals surface area (Å²) in [5.41, 5.74) is 0. The third kappa shape index (κ3) is 40.0. The molecule has 0 rings (SSSR count). The monoisotopic (exact) mass is 639 g/mol. The first-order chi connectivity index (χ1) is 22.2. The maximum Gasteiger partial charge on any atom is 0.106 e. The van der Waals surface area contributed by atoms with Gasteiger partial charge in [-0.2, -0.15) is 0 Å². The van der Waals surface area contributed by atoms with E-state index in [1.807, 2.05) is 0 Å². The molecule has 2 unspecified atom stereocenters. The van der Waals surface area contributed by atoms with Crippen molar-refractivity contribution in [1.29, 1.82) is 0 Å². The summed E-state index contributed by atoms with van der Waals surface area (Å²) in [4.78, 5) is 11.0. The Hall–Kier alpha value is -0.120. The van der Waals surface area contributed by atoms with Crippen LogP contribution in [0.2, 0.25) is 0 Å². The number of unbranched alkanes of at least 4 members (excludes halogenated alkanes) is 30. The van der Waals surface area contributed by atoms with Gasteiger partial charge in [0, 0.05) is 0 Å². The Labute approximate surface area is 285 Å². The standard InChI is InChI=1S/C42H86O3/c1-5-7-9-11-13-15-17-19-21-23-25-27-29-31-33-35-37-41(3)43-39-40-44-45-42(4)38-36-34-32-30-28-26-24-22-20-18-16-14-12-10-8-6-2/h41-42H,5-40H2,1-4H3. The predicted octanol–water partition coefficient (Wildman–Crippen LogP) is 15.0. The van der Waals surface area contributed by atoms with Crippen LogP contribution in [0.25, 0.3) is 0 Å². The predicted molar refractivity (Wildman–Crippen MR) is 200 cm³/mol. The summed E-state index contributed by atoms with van der Waals surface area (Å²) in [7, 11) is 0. The molecule has 0 aliphatic carbocycles. The van der Waals surface area contributed by atoms with E-state index in [2.05, 4.69) is 27.7 Å². The highest BCUT2D eigenvalue weighted by Gasteiger charge is 2.05. The van der Waals surface area contributed by atoms with Gasteiger partial charge >= 0.3 is 0 Å². The Morgan fingerprint density at radius 2 is 0.578 bits per heavy atom. The zero-order valence-corrected chi connectivity index (χ0v) is 31.8. The molecule has 272 valence electrons. The summed E-state index contributed by atoms with van der Waals surface area (Å²) in [6.45, 7) is 10.1. The molecule has 3 heteroatoms. The van der Waals surface area contributed by atoms with E-state index < -0.39 is 0 Å². The molecule has 0 aromatic rings. The van der Waals surface area contributed by atoms with Crippen LogP contribution in [0.3, 0.4) is 0 Å². The molecule has 0 fully saturated rings. The Bertz CT molecular complexity index is 466.